The number of nitrogens with zero attached hydrogens (tertiary/aromatic N) is 6. The maximum atomic E-state index is 13.8. The summed E-state index contributed by atoms with van der Waals surface area (Å²) in [6, 6.07) is 28.1. The topological polar surface area (TPSA) is 100 Å². The number of likely N-dealkylation sites (tertiary alicyclic amines) is 1. The summed E-state index contributed by atoms with van der Waals surface area (Å²) in [5.74, 6) is 0.202. The molecule has 5 aromatic rings. The van der Waals surface area contributed by atoms with Crippen LogP contribution in [-0.4, -0.2) is 57.8 Å². The van der Waals surface area contributed by atoms with Gasteiger partial charge in [-0.25, -0.2) is 0 Å². The lowest BCUT2D eigenvalue weighted by Crippen LogP contribution is -2.39. The second-order valence-electron chi connectivity index (χ2n) is 11.1. The highest BCUT2D eigenvalue weighted by Crippen LogP contribution is 2.34. The summed E-state index contributed by atoms with van der Waals surface area (Å²) in [4.78, 5) is 14.2. The van der Waals surface area contributed by atoms with Gasteiger partial charge in [-0.1, -0.05) is 66.2 Å². The molecule has 1 aliphatic heterocycles. The highest BCUT2D eigenvalue weighted by atomic mass is 35.5. The van der Waals surface area contributed by atoms with Gasteiger partial charge in [0, 0.05) is 42.4 Å². The smallest absolute Gasteiger partial charge is 0.248 e. The second kappa shape index (κ2) is 13.4. The Bertz CT molecular complexity index is 1720. The van der Waals surface area contributed by atoms with E-state index < -0.39 is 0 Å². The largest absolute Gasteiger partial charge is 0.618 e. The Hall–Kier alpha value is -4.60. The van der Waals surface area contributed by atoms with Crippen LogP contribution in [0.25, 0.3) is 16.8 Å². The van der Waals surface area contributed by atoms with Crippen molar-refractivity contribution in [3.05, 3.63) is 130 Å². The lowest BCUT2D eigenvalue weighted by molar-refractivity contribution is -0.614. The summed E-state index contributed by atoms with van der Waals surface area (Å²) in [6.45, 7) is 1.54. The van der Waals surface area contributed by atoms with Gasteiger partial charge in [0.25, 0.3) is 0 Å². The molecule has 0 aliphatic carbocycles. The Labute approximate surface area is 261 Å². The minimum atomic E-state index is -0.175. The van der Waals surface area contributed by atoms with Crippen molar-refractivity contribution >= 4 is 17.5 Å². The SMILES string of the molecule is COCC(=O)N1CCC(c2cccc(C(Cc3ccccc3)c3ccc(-c4cc(Cl)ccc4-n4cnnn4)c[n+]3[O-])c2)CC1. The number of halogens is 1. The van der Waals surface area contributed by atoms with Crippen LogP contribution in [0.3, 0.4) is 0 Å². The van der Waals surface area contributed by atoms with E-state index in [1.807, 2.05) is 47.4 Å². The standard InChI is InChI=1S/C34H33ClN6O3/c1-44-22-34(42)39-16-14-25(15-17-39)26-8-5-9-27(19-26)30(18-24-6-3-2-4-7-24)33-12-10-28(21-41(33)43)31-20-29(35)11-13-32(31)40-23-36-37-38-40/h2-13,19-21,23,25,30H,14-18,22H2,1H3. The molecule has 1 saturated heterocycles. The number of hydrogen-bond donors (Lipinski definition) is 0. The third-order valence-electron chi connectivity index (χ3n) is 8.35. The molecular formula is C34H33ClN6O3. The van der Waals surface area contributed by atoms with Gasteiger partial charge in [0.15, 0.2) is 6.20 Å². The van der Waals surface area contributed by atoms with Gasteiger partial charge in [-0.2, -0.15) is 9.41 Å². The first-order valence-corrected chi connectivity index (χ1v) is 15.0. The average molecular weight is 609 g/mol. The normalized spacial score (nSPS) is 14.5. The highest BCUT2D eigenvalue weighted by molar-refractivity contribution is 6.31. The van der Waals surface area contributed by atoms with Gasteiger partial charge in [-0.3, -0.25) is 4.79 Å². The molecule has 1 amide bonds. The van der Waals surface area contributed by atoms with Crippen LogP contribution in [0, 0.1) is 5.21 Å². The van der Waals surface area contributed by atoms with Crippen LogP contribution < -0.4 is 4.73 Å². The minimum absolute atomic E-state index is 0.0360. The number of carbonyl (C=O) groups excluding carboxylic acids is 1. The van der Waals surface area contributed by atoms with Crippen LogP contribution in [0.1, 0.15) is 47.1 Å². The summed E-state index contributed by atoms with van der Waals surface area (Å²) in [5, 5.41) is 25.9. The fraction of sp³-hybridized carbons (Fsp3) is 0.265. The number of aromatic nitrogens is 5. The molecule has 0 radical (unpaired) electrons. The van der Waals surface area contributed by atoms with E-state index in [4.69, 9.17) is 16.3 Å². The Morgan fingerprint density at radius 3 is 2.59 bits per heavy atom. The molecule has 6 rings (SSSR count). The van der Waals surface area contributed by atoms with Crippen molar-refractivity contribution in [1.29, 1.82) is 0 Å². The maximum Gasteiger partial charge on any atom is 0.248 e. The van der Waals surface area contributed by atoms with Crippen molar-refractivity contribution in [3.8, 4) is 16.8 Å². The maximum absolute atomic E-state index is 13.8. The van der Waals surface area contributed by atoms with Crippen LogP contribution in [0.4, 0.5) is 0 Å². The molecule has 9 nitrogen and oxygen atoms in total. The average Bonchev–Trinajstić information content (AvgIpc) is 3.60. The number of pyridine rings is 1. The van der Waals surface area contributed by atoms with Crippen molar-refractivity contribution in [2.45, 2.75) is 31.1 Å². The van der Waals surface area contributed by atoms with E-state index >= 15 is 0 Å². The summed E-state index contributed by atoms with van der Waals surface area (Å²) < 4.78 is 7.56. The number of benzene rings is 3. The zero-order chi connectivity index (χ0) is 30.5. The molecule has 44 heavy (non-hydrogen) atoms. The number of piperidine rings is 1. The summed E-state index contributed by atoms with van der Waals surface area (Å²) in [7, 11) is 1.55. The zero-order valence-electron chi connectivity index (χ0n) is 24.4. The van der Waals surface area contributed by atoms with Crippen LogP contribution >= 0.6 is 11.6 Å². The van der Waals surface area contributed by atoms with Crippen LogP contribution in [0.15, 0.2) is 97.5 Å². The quantitative estimate of drug-likeness (QED) is 0.165. The third kappa shape index (κ3) is 6.49. The third-order valence-corrected chi connectivity index (χ3v) is 8.58. The van der Waals surface area contributed by atoms with Gasteiger partial charge in [0.05, 0.1) is 11.6 Å². The first kappa shape index (κ1) is 29.5. The highest BCUT2D eigenvalue weighted by Gasteiger charge is 2.27. The van der Waals surface area contributed by atoms with E-state index in [-0.39, 0.29) is 18.4 Å². The van der Waals surface area contributed by atoms with Crippen molar-refractivity contribution < 1.29 is 14.3 Å². The van der Waals surface area contributed by atoms with E-state index in [2.05, 4.69) is 51.9 Å². The minimum Gasteiger partial charge on any atom is -0.618 e. The zero-order valence-corrected chi connectivity index (χ0v) is 25.2. The molecule has 0 spiro atoms. The molecule has 1 unspecified atom stereocenters. The molecule has 3 heterocycles. The number of ether oxygens (including phenoxy) is 1. The monoisotopic (exact) mass is 608 g/mol. The fourth-order valence-corrected chi connectivity index (χ4v) is 6.25. The van der Waals surface area contributed by atoms with Gasteiger partial charge in [-0.15, -0.1) is 5.10 Å². The molecule has 1 fully saturated rings. The fourth-order valence-electron chi connectivity index (χ4n) is 6.08. The number of amides is 1. The van der Waals surface area contributed by atoms with Crippen LogP contribution in [-0.2, 0) is 16.0 Å². The van der Waals surface area contributed by atoms with Crippen LogP contribution in [0.2, 0.25) is 5.02 Å². The molecule has 1 aliphatic rings. The predicted molar refractivity (Wildman–Crippen MR) is 167 cm³/mol. The van der Waals surface area contributed by atoms with Crippen LogP contribution in [0.5, 0.6) is 0 Å². The Kier molecular flexibility index (Phi) is 8.95. The molecule has 1 atom stereocenters. The second-order valence-corrected chi connectivity index (χ2v) is 11.5. The number of rotatable bonds is 9. The van der Waals surface area contributed by atoms with Gasteiger partial charge in [0.1, 0.15) is 12.9 Å². The first-order chi connectivity index (χ1) is 21.5. The van der Waals surface area contributed by atoms with Gasteiger partial charge >= 0.3 is 0 Å². The predicted octanol–water partition coefficient (Wildman–Crippen LogP) is 5.34. The van der Waals surface area contributed by atoms with Gasteiger partial charge in [-0.05, 0) is 76.6 Å². The molecule has 0 N–H and O–H groups in total. The van der Waals surface area contributed by atoms with Gasteiger partial charge in [0.2, 0.25) is 11.6 Å². The van der Waals surface area contributed by atoms with Crippen molar-refractivity contribution in [1.82, 2.24) is 25.1 Å². The molecule has 3 aromatic carbocycles. The number of tetrazole rings is 1. The Morgan fingerprint density at radius 1 is 1.05 bits per heavy atom. The van der Waals surface area contributed by atoms with E-state index in [1.165, 1.54) is 11.9 Å². The first-order valence-electron chi connectivity index (χ1n) is 14.7. The summed E-state index contributed by atoms with van der Waals surface area (Å²) >= 11 is 6.37. The summed E-state index contributed by atoms with van der Waals surface area (Å²) in [5.41, 5.74) is 6.29. The molecule has 10 heteroatoms. The molecular weight excluding hydrogens is 576 g/mol. The van der Waals surface area contributed by atoms with E-state index in [0.717, 1.165) is 39.9 Å². The number of hydrogen-bond acceptors (Lipinski definition) is 6. The van der Waals surface area contributed by atoms with Crippen molar-refractivity contribution in [2.24, 2.45) is 0 Å². The van der Waals surface area contributed by atoms with E-state index in [1.54, 1.807) is 24.1 Å². The van der Waals surface area contributed by atoms with Gasteiger partial charge < -0.3 is 14.8 Å². The lowest BCUT2D eigenvalue weighted by Gasteiger charge is -2.32. The summed E-state index contributed by atoms with van der Waals surface area (Å²) in [6.07, 6.45) is 5.56. The number of methoxy groups -OCH3 is 1. The van der Waals surface area contributed by atoms with E-state index in [0.29, 0.717) is 41.7 Å². The van der Waals surface area contributed by atoms with Crippen molar-refractivity contribution in [3.63, 3.8) is 0 Å². The Morgan fingerprint density at radius 2 is 1.86 bits per heavy atom. The molecule has 0 saturated carbocycles. The molecule has 2 aromatic heterocycles. The van der Waals surface area contributed by atoms with E-state index in [9.17, 15) is 10.0 Å². The molecule has 224 valence electrons. The molecule has 0 bridgehead atoms. The van der Waals surface area contributed by atoms with Crippen molar-refractivity contribution in [2.75, 3.05) is 26.8 Å². The Balaban J connectivity index is 1.33. The number of carbonyl (C=O) groups is 1. The lowest BCUT2D eigenvalue weighted by atomic mass is 9.84.